The number of nitrogens with zero attached hydrogens (tertiary/aromatic N) is 3. The molecule has 0 unspecified atom stereocenters. The molecule has 48 heavy (non-hydrogen) atoms. The van der Waals surface area contributed by atoms with Crippen LogP contribution in [0.5, 0.6) is 28.7 Å². The fourth-order valence-corrected chi connectivity index (χ4v) is 6.87. The molecule has 4 aromatic carbocycles. The van der Waals surface area contributed by atoms with Crippen LogP contribution in [0.15, 0.2) is 83.8 Å². The van der Waals surface area contributed by atoms with Crippen molar-refractivity contribution in [3.63, 3.8) is 0 Å². The van der Waals surface area contributed by atoms with Crippen LogP contribution < -0.4 is 23.3 Å². The van der Waals surface area contributed by atoms with E-state index in [0.29, 0.717) is 35.6 Å². The molecule has 0 saturated carbocycles. The summed E-state index contributed by atoms with van der Waals surface area (Å²) in [6.07, 6.45) is -4.53. The summed E-state index contributed by atoms with van der Waals surface area (Å²) in [7, 11) is -0.989. The van der Waals surface area contributed by atoms with Gasteiger partial charge in [0.25, 0.3) is 10.0 Å². The second kappa shape index (κ2) is 14.0. The molecule has 1 heterocycles. The van der Waals surface area contributed by atoms with Crippen LogP contribution in [-0.4, -0.2) is 39.1 Å². The van der Waals surface area contributed by atoms with E-state index in [4.69, 9.17) is 18.9 Å². The third-order valence-electron chi connectivity index (χ3n) is 6.91. The van der Waals surface area contributed by atoms with E-state index < -0.39 is 56.3 Å². The van der Waals surface area contributed by atoms with Gasteiger partial charge >= 0.3 is 6.18 Å². The largest absolute Gasteiger partial charge is 0.497 e. The number of hydrogen-bond acceptors (Lipinski definition) is 9. The number of anilines is 1. The zero-order valence-electron chi connectivity index (χ0n) is 25.4. The van der Waals surface area contributed by atoms with Crippen molar-refractivity contribution in [3.05, 3.63) is 113 Å². The van der Waals surface area contributed by atoms with Gasteiger partial charge < -0.3 is 18.9 Å². The first kappa shape index (κ1) is 34.4. The molecule has 0 aliphatic carbocycles. The molecule has 0 saturated heterocycles. The average molecular weight is 708 g/mol. The summed E-state index contributed by atoms with van der Waals surface area (Å²) in [5.74, 6) is -3.49. The molecule has 0 aliphatic rings. The Bertz CT molecular complexity index is 2030. The number of hydrogen-bond donors (Lipinski definition) is 0. The molecule has 0 aliphatic heterocycles. The normalized spacial score (nSPS) is 11.7. The molecule has 252 valence electrons. The monoisotopic (exact) mass is 707 g/mol. The smallest absolute Gasteiger partial charge is 0.416 e. The number of sulfonamides is 1. The molecule has 0 N–H and O–H groups in total. The van der Waals surface area contributed by atoms with Crippen LogP contribution in [0.4, 0.5) is 27.1 Å². The van der Waals surface area contributed by atoms with Gasteiger partial charge in [-0.3, -0.25) is 0 Å². The Labute approximate surface area is 276 Å². The number of aromatic nitrogens is 2. The Kier molecular flexibility index (Phi) is 10.0. The number of alkyl halides is 3. The lowest BCUT2D eigenvalue weighted by Crippen LogP contribution is -2.31. The van der Waals surface area contributed by atoms with E-state index >= 15 is 8.78 Å². The average Bonchev–Trinajstić information content (AvgIpc) is 3.52. The van der Waals surface area contributed by atoms with Crippen molar-refractivity contribution < 1.29 is 49.3 Å². The molecule has 5 aromatic rings. The molecule has 9 nitrogen and oxygen atoms in total. The van der Waals surface area contributed by atoms with Gasteiger partial charge in [0.05, 0.1) is 33.4 Å². The lowest BCUT2D eigenvalue weighted by atomic mass is 10.1. The number of ether oxygens (including phenoxy) is 4. The van der Waals surface area contributed by atoms with Gasteiger partial charge in [0.2, 0.25) is 5.13 Å². The highest BCUT2D eigenvalue weighted by molar-refractivity contribution is 7.93. The first-order valence-electron chi connectivity index (χ1n) is 13.9. The lowest BCUT2D eigenvalue weighted by Gasteiger charge is -2.23. The van der Waals surface area contributed by atoms with Gasteiger partial charge in [0.15, 0.2) is 11.6 Å². The zero-order valence-corrected chi connectivity index (χ0v) is 27.1. The molecule has 0 amide bonds. The first-order valence-corrected chi connectivity index (χ1v) is 16.1. The maximum absolute atomic E-state index is 15.7. The minimum Gasteiger partial charge on any atom is -0.497 e. The van der Waals surface area contributed by atoms with Gasteiger partial charge in [-0.1, -0.05) is 30.3 Å². The van der Waals surface area contributed by atoms with E-state index in [1.54, 1.807) is 12.1 Å². The molecule has 0 fully saturated rings. The first-order chi connectivity index (χ1) is 22.8. The minimum absolute atomic E-state index is 0.144. The van der Waals surface area contributed by atoms with Gasteiger partial charge in [0, 0.05) is 47.8 Å². The van der Waals surface area contributed by atoms with Gasteiger partial charge in [-0.2, -0.15) is 17.5 Å². The summed E-state index contributed by atoms with van der Waals surface area (Å²) < 4.78 is 125. The SMILES string of the molecule is COc1cc(Oc2cc(F)c(S(=O)(=O)N(Cc3ccc(OC)cc3OC)c3nc(Cc4ccccc4)ns3)cc2F)cc(C(F)(F)F)c1. The number of methoxy groups -OCH3 is 3. The molecule has 16 heteroatoms. The summed E-state index contributed by atoms with van der Waals surface area (Å²) >= 11 is 0.736. The maximum atomic E-state index is 15.7. The van der Waals surface area contributed by atoms with E-state index in [-0.39, 0.29) is 28.9 Å². The summed E-state index contributed by atoms with van der Waals surface area (Å²) in [4.78, 5) is 3.31. The lowest BCUT2D eigenvalue weighted by molar-refractivity contribution is -0.137. The maximum Gasteiger partial charge on any atom is 0.416 e. The van der Waals surface area contributed by atoms with Crippen molar-refractivity contribution in [1.29, 1.82) is 0 Å². The van der Waals surface area contributed by atoms with Crippen LogP contribution in [0.1, 0.15) is 22.5 Å². The van der Waals surface area contributed by atoms with Crippen LogP contribution in [0, 0.1) is 11.6 Å². The number of rotatable bonds is 12. The van der Waals surface area contributed by atoms with Gasteiger partial charge in [0.1, 0.15) is 39.5 Å². The summed E-state index contributed by atoms with van der Waals surface area (Å²) in [6, 6.07) is 16.9. The van der Waals surface area contributed by atoms with E-state index in [0.717, 1.165) is 34.6 Å². The highest BCUT2D eigenvalue weighted by Crippen LogP contribution is 2.39. The molecule has 0 bridgehead atoms. The summed E-state index contributed by atoms with van der Waals surface area (Å²) in [5, 5.41) is -0.144. The second-order valence-electron chi connectivity index (χ2n) is 10.1. The van der Waals surface area contributed by atoms with Crippen molar-refractivity contribution in [2.75, 3.05) is 25.6 Å². The molecule has 0 atom stereocenters. The predicted molar refractivity (Wildman–Crippen MR) is 166 cm³/mol. The Morgan fingerprint density at radius 2 is 1.50 bits per heavy atom. The Morgan fingerprint density at radius 3 is 2.17 bits per heavy atom. The van der Waals surface area contributed by atoms with E-state index in [2.05, 4.69) is 9.36 Å². The number of benzene rings is 4. The van der Waals surface area contributed by atoms with E-state index in [9.17, 15) is 21.6 Å². The van der Waals surface area contributed by atoms with Crippen molar-refractivity contribution in [2.45, 2.75) is 24.0 Å². The highest BCUT2D eigenvalue weighted by Gasteiger charge is 2.34. The molecular formula is C32H26F5N3O6S2. The topological polar surface area (TPSA) is 100 Å². The summed E-state index contributed by atoms with van der Waals surface area (Å²) in [5.41, 5.74) is 0.0291. The van der Waals surface area contributed by atoms with Gasteiger partial charge in [-0.25, -0.2) is 26.5 Å². The fraction of sp³-hybridized carbons (Fsp3) is 0.188. The molecule has 0 radical (unpaired) electrons. The van der Waals surface area contributed by atoms with Gasteiger partial charge in [-0.15, -0.1) is 0 Å². The Balaban J connectivity index is 1.54. The Morgan fingerprint density at radius 1 is 0.792 bits per heavy atom. The Hall–Kier alpha value is -4.96. The zero-order chi connectivity index (χ0) is 34.6. The van der Waals surface area contributed by atoms with Crippen molar-refractivity contribution in [2.24, 2.45) is 0 Å². The van der Waals surface area contributed by atoms with Crippen molar-refractivity contribution in [3.8, 4) is 28.7 Å². The van der Waals surface area contributed by atoms with Crippen LogP contribution in [0.3, 0.4) is 0 Å². The highest BCUT2D eigenvalue weighted by atomic mass is 32.2. The number of halogens is 5. The van der Waals surface area contributed by atoms with Crippen molar-refractivity contribution >= 4 is 26.7 Å². The molecule has 0 spiro atoms. The third kappa shape index (κ3) is 7.60. The van der Waals surface area contributed by atoms with Gasteiger partial charge in [-0.05, 0) is 29.8 Å². The molecule has 1 aromatic heterocycles. The van der Waals surface area contributed by atoms with Crippen LogP contribution in [-0.2, 0) is 29.2 Å². The fourth-order valence-electron chi connectivity index (χ4n) is 4.53. The molecular weight excluding hydrogens is 681 g/mol. The summed E-state index contributed by atoms with van der Waals surface area (Å²) in [6.45, 7) is -0.432. The van der Waals surface area contributed by atoms with Crippen LogP contribution in [0.2, 0.25) is 0 Å². The predicted octanol–water partition coefficient (Wildman–Crippen LogP) is 7.64. The third-order valence-corrected chi connectivity index (χ3v) is 9.55. The molecule has 5 rings (SSSR count). The van der Waals surface area contributed by atoms with E-state index in [1.165, 1.54) is 20.3 Å². The van der Waals surface area contributed by atoms with Crippen molar-refractivity contribution in [1.82, 2.24) is 9.36 Å². The van der Waals surface area contributed by atoms with Crippen LogP contribution in [0.25, 0.3) is 0 Å². The minimum atomic E-state index is -4.92. The van der Waals surface area contributed by atoms with Crippen LogP contribution >= 0.6 is 11.5 Å². The van der Waals surface area contributed by atoms with E-state index in [1.807, 2.05) is 30.3 Å². The quantitative estimate of drug-likeness (QED) is 0.122. The standard InChI is InChI=1S/C32H26F5N3O6S2/c1-43-22-10-9-20(27(15-22)45-3)18-40(31-38-30(39-47-31)11-19-7-5-4-6-8-19)48(41,42)29-17-25(33)28(16-26(29)34)46-24-13-21(32(35,36)37)12-23(14-24)44-2/h4-10,12-17H,11,18H2,1-3H3. The second-order valence-corrected chi connectivity index (χ2v) is 12.6.